The molecule has 3 heteroatoms. The van der Waals surface area contributed by atoms with Crippen molar-refractivity contribution in [2.45, 2.75) is 26.7 Å². The Morgan fingerprint density at radius 1 is 1.24 bits per heavy atom. The summed E-state index contributed by atoms with van der Waals surface area (Å²) in [5, 5.41) is 3.46. The second kappa shape index (κ2) is 7.87. The molecule has 114 valence electrons. The van der Waals surface area contributed by atoms with Crippen molar-refractivity contribution in [3.05, 3.63) is 41.5 Å². The standard InChI is InChI=1S/C18H27N3/c1-15(2)14-20-18(19-3)21-11-9-17(10-12-21)13-16-7-5-4-6-8-16/h4-8,13,15H,9-12,14H2,1-3H3,(H,19,20). The van der Waals surface area contributed by atoms with E-state index in [1.807, 2.05) is 7.05 Å². The van der Waals surface area contributed by atoms with E-state index in [9.17, 15) is 0 Å². The number of rotatable bonds is 3. The number of nitrogens with zero attached hydrogens (tertiary/aromatic N) is 2. The molecule has 0 saturated carbocycles. The molecule has 1 aromatic rings. The van der Waals surface area contributed by atoms with Crippen LogP contribution in [0.5, 0.6) is 0 Å². The summed E-state index contributed by atoms with van der Waals surface area (Å²) in [6.45, 7) is 7.52. The van der Waals surface area contributed by atoms with Crippen LogP contribution >= 0.6 is 0 Å². The molecular weight excluding hydrogens is 258 g/mol. The van der Waals surface area contributed by atoms with E-state index in [-0.39, 0.29) is 0 Å². The van der Waals surface area contributed by atoms with Crippen molar-refractivity contribution < 1.29 is 0 Å². The molecule has 21 heavy (non-hydrogen) atoms. The minimum absolute atomic E-state index is 0.639. The Labute approximate surface area is 128 Å². The number of guanidine groups is 1. The Kier molecular flexibility index (Phi) is 5.85. The van der Waals surface area contributed by atoms with Crippen LogP contribution in [-0.4, -0.2) is 37.5 Å². The van der Waals surface area contributed by atoms with Gasteiger partial charge in [-0.2, -0.15) is 0 Å². The monoisotopic (exact) mass is 285 g/mol. The first-order chi connectivity index (χ1) is 10.2. The molecule has 1 aliphatic heterocycles. The smallest absolute Gasteiger partial charge is 0.193 e. The van der Waals surface area contributed by atoms with E-state index in [0.717, 1.165) is 38.4 Å². The molecular formula is C18H27N3. The summed E-state index contributed by atoms with van der Waals surface area (Å²) >= 11 is 0. The fourth-order valence-electron chi connectivity index (χ4n) is 2.56. The van der Waals surface area contributed by atoms with Crippen LogP contribution in [0.1, 0.15) is 32.3 Å². The van der Waals surface area contributed by atoms with E-state index in [1.165, 1.54) is 11.1 Å². The highest BCUT2D eigenvalue weighted by molar-refractivity contribution is 5.80. The van der Waals surface area contributed by atoms with Gasteiger partial charge in [0.25, 0.3) is 0 Å². The van der Waals surface area contributed by atoms with Crippen LogP contribution in [0.3, 0.4) is 0 Å². The summed E-state index contributed by atoms with van der Waals surface area (Å²) in [6, 6.07) is 10.6. The molecule has 0 bridgehead atoms. The van der Waals surface area contributed by atoms with Crippen LogP contribution < -0.4 is 5.32 Å². The van der Waals surface area contributed by atoms with E-state index in [1.54, 1.807) is 0 Å². The molecule has 1 N–H and O–H groups in total. The number of likely N-dealkylation sites (tertiary alicyclic amines) is 1. The molecule has 1 heterocycles. The molecule has 0 radical (unpaired) electrons. The van der Waals surface area contributed by atoms with Crippen molar-refractivity contribution in [3.8, 4) is 0 Å². The van der Waals surface area contributed by atoms with E-state index < -0.39 is 0 Å². The first-order valence-corrected chi connectivity index (χ1v) is 7.89. The number of hydrogen-bond acceptors (Lipinski definition) is 1. The molecule has 0 aromatic heterocycles. The number of nitrogens with one attached hydrogen (secondary N) is 1. The minimum Gasteiger partial charge on any atom is -0.356 e. The molecule has 3 nitrogen and oxygen atoms in total. The first-order valence-electron chi connectivity index (χ1n) is 7.89. The van der Waals surface area contributed by atoms with Crippen molar-refractivity contribution in [1.82, 2.24) is 10.2 Å². The molecule has 0 unspecified atom stereocenters. The van der Waals surface area contributed by atoms with Gasteiger partial charge in [0.2, 0.25) is 0 Å². The molecule has 2 rings (SSSR count). The molecule has 1 saturated heterocycles. The Morgan fingerprint density at radius 2 is 1.90 bits per heavy atom. The third-order valence-corrected chi connectivity index (χ3v) is 3.76. The Hall–Kier alpha value is -1.77. The van der Waals surface area contributed by atoms with Crippen LogP contribution in [0.2, 0.25) is 0 Å². The topological polar surface area (TPSA) is 27.6 Å². The summed E-state index contributed by atoms with van der Waals surface area (Å²) < 4.78 is 0. The van der Waals surface area contributed by atoms with Gasteiger partial charge in [0, 0.05) is 26.7 Å². The predicted octanol–water partition coefficient (Wildman–Crippen LogP) is 3.40. The maximum absolute atomic E-state index is 4.40. The zero-order valence-electron chi connectivity index (χ0n) is 13.5. The largest absolute Gasteiger partial charge is 0.356 e. The zero-order chi connectivity index (χ0) is 15.1. The molecule has 0 amide bonds. The number of piperidine rings is 1. The number of hydrogen-bond donors (Lipinski definition) is 1. The summed E-state index contributed by atoms with van der Waals surface area (Å²) in [7, 11) is 1.87. The Bertz CT molecular complexity index is 478. The lowest BCUT2D eigenvalue weighted by atomic mass is 10.0. The van der Waals surface area contributed by atoms with Gasteiger partial charge in [-0.3, -0.25) is 4.99 Å². The van der Waals surface area contributed by atoms with Crippen LogP contribution in [0, 0.1) is 5.92 Å². The van der Waals surface area contributed by atoms with Crippen LogP contribution in [0.4, 0.5) is 0 Å². The normalized spacial score (nSPS) is 16.3. The number of aliphatic imine (C=N–C) groups is 1. The lowest BCUT2D eigenvalue weighted by molar-refractivity contribution is 0.373. The zero-order valence-corrected chi connectivity index (χ0v) is 13.5. The van der Waals surface area contributed by atoms with Gasteiger partial charge in [0.1, 0.15) is 0 Å². The van der Waals surface area contributed by atoms with Crippen molar-refractivity contribution in [2.75, 3.05) is 26.7 Å². The molecule has 1 fully saturated rings. The molecule has 0 aliphatic carbocycles. The van der Waals surface area contributed by atoms with E-state index in [0.29, 0.717) is 5.92 Å². The van der Waals surface area contributed by atoms with Gasteiger partial charge in [0.05, 0.1) is 0 Å². The third kappa shape index (κ3) is 4.92. The Morgan fingerprint density at radius 3 is 2.48 bits per heavy atom. The minimum atomic E-state index is 0.639. The highest BCUT2D eigenvalue weighted by Crippen LogP contribution is 2.19. The van der Waals surface area contributed by atoms with Gasteiger partial charge >= 0.3 is 0 Å². The van der Waals surface area contributed by atoms with Gasteiger partial charge in [-0.15, -0.1) is 0 Å². The summed E-state index contributed by atoms with van der Waals surface area (Å²) in [5.74, 6) is 1.68. The summed E-state index contributed by atoms with van der Waals surface area (Å²) in [4.78, 5) is 6.77. The first kappa shape index (κ1) is 15.6. The van der Waals surface area contributed by atoms with Crippen molar-refractivity contribution in [2.24, 2.45) is 10.9 Å². The molecule has 0 atom stereocenters. The molecule has 1 aliphatic rings. The molecule has 0 spiro atoms. The van der Waals surface area contributed by atoms with Gasteiger partial charge in [0.15, 0.2) is 5.96 Å². The van der Waals surface area contributed by atoms with E-state index in [4.69, 9.17) is 0 Å². The second-order valence-corrected chi connectivity index (χ2v) is 6.02. The lowest BCUT2D eigenvalue weighted by Crippen LogP contribution is -2.45. The van der Waals surface area contributed by atoms with Crippen LogP contribution in [0.15, 0.2) is 40.9 Å². The lowest BCUT2D eigenvalue weighted by Gasteiger charge is -2.31. The van der Waals surface area contributed by atoms with Gasteiger partial charge in [-0.1, -0.05) is 55.8 Å². The maximum atomic E-state index is 4.40. The predicted molar refractivity (Wildman–Crippen MR) is 91.4 cm³/mol. The maximum Gasteiger partial charge on any atom is 0.193 e. The number of benzene rings is 1. The van der Waals surface area contributed by atoms with Crippen molar-refractivity contribution >= 4 is 12.0 Å². The third-order valence-electron chi connectivity index (χ3n) is 3.76. The fraction of sp³-hybridized carbons (Fsp3) is 0.500. The highest BCUT2D eigenvalue weighted by Gasteiger charge is 2.17. The average Bonchev–Trinajstić information content (AvgIpc) is 2.50. The molecule has 1 aromatic carbocycles. The van der Waals surface area contributed by atoms with E-state index in [2.05, 4.69) is 65.5 Å². The van der Waals surface area contributed by atoms with Gasteiger partial charge in [-0.05, 0) is 24.3 Å². The van der Waals surface area contributed by atoms with Gasteiger partial charge < -0.3 is 10.2 Å². The van der Waals surface area contributed by atoms with Crippen molar-refractivity contribution in [3.63, 3.8) is 0 Å². The van der Waals surface area contributed by atoms with E-state index >= 15 is 0 Å². The quantitative estimate of drug-likeness (QED) is 0.681. The van der Waals surface area contributed by atoms with Gasteiger partial charge in [-0.25, -0.2) is 0 Å². The van der Waals surface area contributed by atoms with Crippen molar-refractivity contribution in [1.29, 1.82) is 0 Å². The van der Waals surface area contributed by atoms with Crippen LogP contribution in [-0.2, 0) is 0 Å². The fourth-order valence-corrected chi connectivity index (χ4v) is 2.56. The second-order valence-electron chi connectivity index (χ2n) is 6.02. The summed E-state index contributed by atoms with van der Waals surface area (Å²) in [5.41, 5.74) is 2.85. The Balaban J connectivity index is 1.89. The SMILES string of the molecule is CN=C(NCC(C)C)N1CCC(=Cc2ccccc2)CC1. The summed E-state index contributed by atoms with van der Waals surface area (Å²) in [6.07, 6.45) is 4.58. The highest BCUT2D eigenvalue weighted by atomic mass is 15.3. The average molecular weight is 285 g/mol. The van der Waals surface area contributed by atoms with Crippen LogP contribution in [0.25, 0.3) is 6.08 Å².